The zero-order chi connectivity index (χ0) is 18.8. The van der Waals surface area contributed by atoms with Crippen LogP contribution in [0, 0.1) is 0 Å². The van der Waals surface area contributed by atoms with Gasteiger partial charge in [-0.25, -0.2) is 0 Å². The van der Waals surface area contributed by atoms with Crippen molar-refractivity contribution in [3.63, 3.8) is 0 Å². The molecule has 1 nitrogen and oxygen atoms in total. The van der Waals surface area contributed by atoms with Crippen LogP contribution < -0.4 is 0 Å². The molecule has 2 rings (SSSR count). The van der Waals surface area contributed by atoms with Gasteiger partial charge in [-0.15, -0.1) is 6.58 Å². The van der Waals surface area contributed by atoms with Crippen molar-refractivity contribution >= 4 is 23.1 Å². The van der Waals surface area contributed by atoms with Gasteiger partial charge in [0, 0.05) is 22.2 Å². The average molecular weight is 324 g/mol. The van der Waals surface area contributed by atoms with Crippen LogP contribution in [-0.4, -0.2) is 4.98 Å². The number of para-hydroxylation sites is 1. The zero-order valence-corrected chi connectivity index (χ0v) is 16.0. The first-order chi connectivity index (χ1) is 11.7. The van der Waals surface area contributed by atoms with Crippen LogP contribution in [0.1, 0.15) is 45.9 Å². The summed E-state index contributed by atoms with van der Waals surface area (Å²) in [4.78, 5) is 3.33. The number of hydrogen-bond donors (Lipinski definition) is 1. The van der Waals surface area contributed by atoms with Crippen LogP contribution in [0.2, 0.25) is 0 Å². The van der Waals surface area contributed by atoms with Gasteiger partial charge in [0.2, 0.25) is 0 Å². The van der Waals surface area contributed by atoms with E-state index in [9.17, 15) is 0 Å². The number of aromatic nitrogens is 1. The number of allylic oxidation sites excluding steroid dienone is 5. The molecule has 0 fully saturated rings. The number of hydrogen-bond acceptors (Lipinski definition) is 0. The molecule has 0 aliphatic heterocycles. The predicted molar refractivity (Wildman–Crippen MR) is 115 cm³/mol. The molecule has 24 heavy (non-hydrogen) atoms. The van der Waals surface area contributed by atoms with Gasteiger partial charge in [-0.2, -0.15) is 0 Å². The minimum atomic E-state index is 1.09. The SMILES string of the molecule is C=C/C=C\C.C=CC.C=Cc1[nH]c2ccccc2c1/C=C\C.CC. The number of nitrogens with one attached hydrogen (secondary N) is 1. The highest BCUT2D eigenvalue weighted by Gasteiger charge is 2.04. The molecule has 0 aliphatic carbocycles. The Labute approximate surface area is 148 Å². The molecule has 1 heteroatoms. The number of H-pyrrole nitrogens is 1. The maximum Gasteiger partial charge on any atom is 0.0464 e. The van der Waals surface area contributed by atoms with Crippen molar-refractivity contribution in [2.75, 3.05) is 0 Å². The number of benzene rings is 1. The second-order valence-corrected chi connectivity index (χ2v) is 4.37. The van der Waals surface area contributed by atoms with Gasteiger partial charge in [0.05, 0.1) is 0 Å². The summed E-state index contributed by atoms with van der Waals surface area (Å²) >= 11 is 0. The van der Waals surface area contributed by atoms with Crippen LogP contribution in [-0.2, 0) is 0 Å². The summed E-state index contributed by atoms with van der Waals surface area (Å²) in [6.07, 6.45) is 13.3. The van der Waals surface area contributed by atoms with E-state index in [1.54, 1.807) is 12.2 Å². The molecule has 0 spiro atoms. The quantitative estimate of drug-likeness (QED) is 0.438. The maximum atomic E-state index is 3.80. The van der Waals surface area contributed by atoms with Crippen LogP contribution in [0.15, 0.2) is 74.4 Å². The lowest BCUT2D eigenvalue weighted by Gasteiger charge is -1.91. The molecule has 1 heterocycles. The maximum absolute atomic E-state index is 3.80. The molecule has 0 saturated carbocycles. The number of fused-ring (bicyclic) bond motifs is 1. The fourth-order valence-corrected chi connectivity index (χ4v) is 1.83. The molecule has 0 unspecified atom stereocenters. The molecule has 1 aromatic heterocycles. The minimum Gasteiger partial charge on any atom is -0.355 e. The fourth-order valence-electron chi connectivity index (χ4n) is 1.83. The third kappa shape index (κ3) is 8.79. The van der Waals surface area contributed by atoms with Crippen molar-refractivity contribution in [1.29, 1.82) is 0 Å². The van der Waals surface area contributed by atoms with Crippen LogP contribution in [0.25, 0.3) is 23.1 Å². The largest absolute Gasteiger partial charge is 0.355 e. The second-order valence-electron chi connectivity index (χ2n) is 4.37. The summed E-state index contributed by atoms with van der Waals surface area (Å²) in [7, 11) is 0. The third-order valence-corrected chi connectivity index (χ3v) is 2.64. The topological polar surface area (TPSA) is 15.8 Å². The first-order valence-electron chi connectivity index (χ1n) is 8.36. The third-order valence-electron chi connectivity index (χ3n) is 2.64. The van der Waals surface area contributed by atoms with Gasteiger partial charge in [0.1, 0.15) is 0 Å². The van der Waals surface area contributed by atoms with E-state index in [1.807, 2.05) is 65.0 Å². The molecule has 0 bridgehead atoms. The van der Waals surface area contributed by atoms with Crippen molar-refractivity contribution in [3.05, 3.63) is 85.6 Å². The van der Waals surface area contributed by atoms with Gasteiger partial charge in [0.25, 0.3) is 0 Å². The van der Waals surface area contributed by atoms with Crippen LogP contribution in [0.3, 0.4) is 0 Å². The molecule has 0 amide bonds. The molecule has 130 valence electrons. The van der Waals surface area contributed by atoms with Crippen molar-refractivity contribution in [2.24, 2.45) is 0 Å². The fraction of sp³-hybridized carbons (Fsp3) is 0.217. The molecule has 1 N–H and O–H groups in total. The van der Waals surface area contributed by atoms with E-state index < -0.39 is 0 Å². The van der Waals surface area contributed by atoms with Crippen LogP contribution in [0.4, 0.5) is 0 Å². The van der Waals surface area contributed by atoms with Crippen molar-refractivity contribution < 1.29 is 0 Å². The predicted octanol–water partition coefficient (Wildman–Crippen LogP) is 7.81. The Morgan fingerprint density at radius 1 is 0.917 bits per heavy atom. The Hall–Kier alpha value is -2.54. The number of aromatic amines is 1. The van der Waals surface area contributed by atoms with Gasteiger partial charge in [-0.1, -0.05) is 81.7 Å². The second kappa shape index (κ2) is 16.8. The van der Waals surface area contributed by atoms with Gasteiger partial charge in [-0.05, 0) is 32.9 Å². The van der Waals surface area contributed by atoms with Gasteiger partial charge < -0.3 is 4.98 Å². The molecular formula is C23H33N. The summed E-state index contributed by atoms with van der Waals surface area (Å²) in [6, 6.07) is 8.28. The first kappa shape index (κ1) is 23.7. The summed E-state index contributed by atoms with van der Waals surface area (Å²) in [6.45, 7) is 20.5. The highest BCUT2D eigenvalue weighted by atomic mass is 14.7. The Morgan fingerprint density at radius 3 is 1.92 bits per heavy atom. The normalized spacial score (nSPS) is 9.21. The van der Waals surface area contributed by atoms with E-state index in [0.717, 1.165) is 11.2 Å². The summed E-state index contributed by atoms with van der Waals surface area (Å²) in [5.74, 6) is 0. The Morgan fingerprint density at radius 2 is 1.50 bits per heavy atom. The Kier molecular flexibility index (Phi) is 16.6. The lowest BCUT2D eigenvalue weighted by atomic mass is 10.1. The molecule has 1 aromatic carbocycles. The van der Waals surface area contributed by atoms with Gasteiger partial charge in [0.15, 0.2) is 0 Å². The lowest BCUT2D eigenvalue weighted by molar-refractivity contribution is 1.42. The zero-order valence-electron chi connectivity index (χ0n) is 16.0. The molecule has 0 radical (unpaired) electrons. The first-order valence-corrected chi connectivity index (χ1v) is 8.36. The molecule has 2 aromatic rings. The molecule has 0 saturated heterocycles. The van der Waals surface area contributed by atoms with Crippen molar-refractivity contribution in [1.82, 2.24) is 4.98 Å². The molecule has 0 aliphatic rings. The Bertz CT molecular complexity index is 639. The standard InChI is InChI=1S/C13H13N.C5H8.C3H6.C2H6/c1-3-7-10-11-8-5-6-9-13(11)14-12(10)4-2;1-3-5-4-2;1-3-2;1-2/h3-9,14H,2H2,1H3;3-5H,1H2,2H3;3H,1H2,2H3;1-2H3/b7-3-;5-4-;;. The van der Waals surface area contributed by atoms with E-state index >= 15 is 0 Å². The van der Waals surface area contributed by atoms with E-state index in [-0.39, 0.29) is 0 Å². The van der Waals surface area contributed by atoms with Gasteiger partial charge >= 0.3 is 0 Å². The average Bonchev–Trinajstić information content (AvgIpc) is 2.97. The smallest absolute Gasteiger partial charge is 0.0464 e. The highest BCUT2D eigenvalue weighted by molar-refractivity contribution is 5.92. The summed E-state index contributed by atoms with van der Waals surface area (Å²) in [5.41, 5.74) is 3.47. The van der Waals surface area contributed by atoms with Gasteiger partial charge in [-0.3, -0.25) is 0 Å². The lowest BCUT2D eigenvalue weighted by Crippen LogP contribution is -1.73. The summed E-state index contributed by atoms with van der Waals surface area (Å²) < 4.78 is 0. The van der Waals surface area contributed by atoms with E-state index in [2.05, 4.69) is 49.0 Å². The monoisotopic (exact) mass is 323 g/mol. The minimum absolute atomic E-state index is 1.09. The van der Waals surface area contributed by atoms with Crippen molar-refractivity contribution in [3.8, 4) is 0 Å². The van der Waals surface area contributed by atoms with E-state index in [1.165, 1.54) is 10.9 Å². The molecule has 0 atom stereocenters. The van der Waals surface area contributed by atoms with Crippen LogP contribution >= 0.6 is 0 Å². The summed E-state index contributed by atoms with van der Waals surface area (Å²) in [5, 5.41) is 1.25. The van der Waals surface area contributed by atoms with Crippen LogP contribution in [0.5, 0.6) is 0 Å². The van der Waals surface area contributed by atoms with Crippen molar-refractivity contribution in [2.45, 2.75) is 34.6 Å². The Balaban J connectivity index is 0. The highest BCUT2D eigenvalue weighted by Crippen LogP contribution is 2.24. The van der Waals surface area contributed by atoms with E-state index in [0.29, 0.717) is 0 Å². The van der Waals surface area contributed by atoms with E-state index in [4.69, 9.17) is 0 Å². The molecular weight excluding hydrogens is 290 g/mol. The number of rotatable bonds is 3.